The molecule has 0 fully saturated rings. The van der Waals surface area contributed by atoms with Crippen LogP contribution in [0.3, 0.4) is 0 Å². The number of phenols is 2. The van der Waals surface area contributed by atoms with E-state index in [0.29, 0.717) is 38.8 Å². The summed E-state index contributed by atoms with van der Waals surface area (Å²) in [6.45, 7) is 5.88. The Bertz CT molecular complexity index is 898. The molecule has 0 aliphatic heterocycles. The standard InChI is InChI=1S/C19H18Br2N2O4/c1-3-5-12-6-11(7-16(17(12)24)27-4-2)10-22-23-19(26)14-8-13(20)9-15(21)18(14)25/h3,6-10,24-25H,1,4-5H2,2H3,(H,23,26)/b22-10-. The van der Waals surface area contributed by atoms with Crippen LogP contribution in [0.4, 0.5) is 0 Å². The number of nitrogens with one attached hydrogen (secondary N) is 1. The fourth-order valence-electron chi connectivity index (χ4n) is 2.31. The van der Waals surface area contributed by atoms with Gasteiger partial charge in [-0.05, 0) is 59.1 Å². The van der Waals surface area contributed by atoms with Gasteiger partial charge in [-0.15, -0.1) is 6.58 Å². The normalized spacial score (nSPS) is 10.8. The molecule has 0 atom stereocenters. The summed E-state index contributed by atoms with van der Waals surface area (Å²) < 4.78 is 6.45. The van der Waals surface area contributed by atoms with Gasteiger partial charge in [-0.3, -0.25) is 4.79 Å². The first-order valence-electron chi connectivity index (χ1n) is 7.98. The van der Waals surface area contributed by atoms with Gasteiger partial charge in [-0.1, -0.05) is 22.0 Å². The molecule has 2 aromatic rings. The van der Waals surface area contributed by atoms with Crippen molar-refractivity contribution in [2.75, 3.05) is 6.61 Å². The van der Waals surface area contributed by atoms with E-state index in [1.807, 2.05) is 6.92 Å². The lowest BCUT2D eigenvalue weighted by Gasteiger charge is -2.11. The lowest BCUT2D eigenvalue weighted by Crippen LogP contribution is -2.18. The van der Waals surface area contributed by atoms with Crippen LogP contribution in [-0.4, -0.2) is 28.9 Å². The maximum atomic E-state index is 12.2. The predicted molar refractivity (Wildman–Crippen MR) is 112 cm³/mol. The molecule has 6 nitrogen and oxygen atoms in total. The Labute approximate surface area is 173 Å². The third kappa shape index (κ3) is 5.33. The minimum Gasteiger partial charge on any atom is -0.506 e. The van der Waals surface area contributed by atoms with Crippen molar-refractivity contribution in [2.24, 2.45) is 5.10 Å². The Morgan fingerprint density at radius 3 is 2.67 bits per heavy atom. The predicted octanol–water partition coefficient (Wildman–Crippen LogP) is 4.51. The maximum absolute atomic E-state index is 12.2. The Morgan fingerprint density at radius 1 is 1.26 bits per heavy atom. The van der Waals surface area contributed by atoms with E-state index >= 15 is 0 Å². The summed E-state index contributed by atoms with van der Waals surface area (Å²) in [5.41, 5.74) is 3.71. The molecule has 0 heterocycles. The summed E-state index contributed by atoms with van der Waals surface area (Å²) in [4.78, 5) is 12.2. The van der Waals surface area contributed by atoms with Crippen molar-refractivity contribution in [3.63, 3.8) is 0 Å². The van der Waals surface area contributed by atoms with Crippen molar-refractivity contribution < 1.29 is 19.7 Å². The van der Waals surface area contributed by atoms with Crippen molar-refractivity contribution in [1.82, 2.24) is 5.43 Å². The zero-order valence-electron chi connectivity index (χ0n) is 14.5. The van der Waals surface area contributed by atoms with Gasteiger partial charge in [0.05, 0.1) is 22.9 Å². The van der Waals surface area contributed by atoms with Crippen LogP contribution in [0.5, 0.6) is 17.2 Å². The summed E-state index contributed by atoms with van der Waals surface area (Å²) in [5.74, 6) is -0.358. The second kappa shape index (κ2) is 9.57. The van der Waals surface area contributed by atoms with Crippen LogP contribution in [-0.2, 0) is 6.42 Å². The van der Waals surface area contributed by atoms with E-state index in [1.165, 1.54) is 12.3 Å². The van der Waals surface area contributed by atoms with Crippen LogP contribution in [0, 0.1) is 0 Å². The SMILES string of the molecule is C=CCc1cc(/C=N\NC(=O)c2cc(Br)cc(Br)c2O)cc(OCC)c1O. The average molecular weight is 498 g/mol. The van der Waals surface area contributed by atoms with Crippen LogP contribution in [0.25, 0.3) is 0 Å². The number of benzene rings is 2. The number of phenolic OH excluding ortho intramolecular Hbond substituents is 2. The largest absolute Gasteiger partial charge is 0.506 e. The molecule has 3 N–H and O–H groups in total. The van der Waals surface area contributed by atoms with E-state index in [9.17, 15) is 15.0 Å². The Hall–Kier alpha value is -2.32. The summed E-state index contributed by atoms with van der Waals surface area (Å²) in [5, 5.41) is 24.1. The van der Waals surface area contributed by atoms with E-state index in [4.69, 9.17) is 4.74 Å². The van der Waals surface area contributed by atoms with E-state index in [2.05, 4.69) is 49.0 Å². The molecular weight excluding hydrogens is 480 g/mol. The van der Waals surface area contributed by atoms with Gasteiger partial charge in [0.15, 0.2) is 11.5 Å². The topological polar surface area (TPSA) is 91.2 Å². The number of hydrazone groups is 1. The smallest absolute Gasteiger partial charge is 0.275 e. The molecule has 0 spiro atoms. The molecule has 0 aliphatic carbocycles. The molecule has 0 aliphatic rings. The average Bonchev–Trinajstić information content (AvgIpc) is 2.62. The number of carbonyl (C=O) groups is 1. The fraction of sp³-hybridized carbons (Fsp3) is 0.158. The van der Waals surface area contributed by atoms with Crippen LogP contribution < -0.4 is 10.2 Å². The van der Waals surface area contributed by atoms with Crippen molar-refractivity contribution in [3.05, 3.63) is 62.6 Å². The Balaban J connectivity index is 2.23. The highest BCUT2D eigenvalue weighted by Crippen LogP contribution is 2.32. The van der Waals surface area contributed by atoms with Crippen molar-refractivity contribution in [1.29, 1.82) is 0 Å². The van der Waals surface area contributed by atoms with E-state index in [0.717, 1.165) is 0 Å². The van der Waals surface area contributed by atoms with E-state index < -0.39 is 5.91 Å². The molecule has 27 heavy (non-hydrogen) atoms. The number of carbonyl (C=O) groups excluding carboxylic acids is 1. The number of amides is 1. The van der Waals surface area contributed by atoms with Crippen LogP contribution >= 0.6 is 31.9 Å². The minimum atomic E-state index is -0.569. The maximum Gasteiger partial charge on any atom is 0.275 e. The third-order valence-corrected chi connectivity index (χ3v) is 4.56. The number of hydrogen-bond acceptors (Lipinski definition) is 5. The molecule has 0 saturated carbocycles. The number of halogens is 2. The van der Waals surface area contributed by atoms with Gasteiger partial charge >= 0.3 is 0 Å². The lowest BCUT2D eigenvalue weighted by atomic mass is 10.1. The van der Waals surface area contributed by atoms with Gasteiger partial charge in [0, 0.05) is 10.0 Å². The first kappa shape index (κ1) is 21.0. The number of allylic oxidation sites excluding steroid dienone is 1. The summed E-state index contributed by atoms with van der Waals surface area (Å²) in [6, 6.07) is 6.46. The lowest BCUT2D eigenvalue weighted by molar-refractivity contribution is 0.0952. The van der Waals surface area contributed by atoms with E-state index in [-0.39, 0.29) is 17.1 Å². The number of ether oxygens (including phenoxy) is 1. The molecule has 2 aromatic carbocycles. The van der Waals surface area contributed by atoms with Crippen LogP contribution in [0.15, 0.2) is 51.0 Å². The highest BCUT2D eigenvalue weighted by molar-refractivity contribution is 9.11. The van der Waals surface area contributed by atoms with Gasteiger partial charge < -0.3 is 14.9 Å². The summed E-state index contributed by atoms with van der Waals surface area (Å²) >= 11 is 6.45. The second-order valence-electron chi connectivity index (χ2n) is 5.44. The third-order valence-electron chi connectivity index (χ3n) is 3.49. The molecule has 0 radical (unpaired) electrons. The van der Waals surface area contributed by atoms with Gasteiger partial charge in [-0.25, -0.2) is 5.43 Å². The minimum absolute atomic E-state index is 0.0573. The zero-order valence-corrected chi connectivity index (χ0v) is 17.7. The highest BCUT2D eigenvalue weighted by Gasteiger charge is 2.14. The van der Waals surface area contributed by atoms with Gasteiger partial charge in [0.2, 0.25) is 0 Å². The molecule has 0 unspecified atom stereocenters. The van der Waals surface area contributed by atoms with Gasteiger partial charge in [0.25, 0.3) is 5.91 Å². The fourth-order valence-corrected chi connectivity index (χ4v) is 3.53. The molecule has 142 valence electrons. The molecule has 0 aromatic heterocycles. The first-order valence-corrected chi connectivity index (χ1v) is 9.57. The van der Waals surface area contributed by atoms with Crippen molar-refractivity contribution in [3.8, 4) is 17.2 Å². The van der Waals surface area contributed by atoms with Crippen LogP contribution in [0.2, 0.25) is 0 Å². The number of rotatable bonds is 7. The monoisotopic (exact) mass is 496 g/mol. The summed E-state index contributed by atoms with van der Waals surface area (Å²) in [6.07, 6.45) is 3.55. The second-order valence-corrected chi connectivity index (χ2v) is 7.21. The molecule has 2 rings (SSSR count). The van der Waals surface area contributed by atoms with Crippen LogP contribution in [0.1, 0.15) is 28.4 Å². The molecule has 1 amide bonds. The molecule has 0 bridgehead atoms. The molecule has 8 heteroatoms. The number of aromatic hydroxyl groups is 2. The number of hydrogen-bond donors (Lipinski definition) is 3. The molecular formula is C19H18Br2N2O4. The van der Waals surface area contributed by atoms with Crippen molar-refractivity contribution >= 4 is 44.0 Å². The first-order chi connectivity index (χ1) is 12.9. The zero-order chi connectivity index (χ0) is 20.0. The summed E-state index contributed by atoms with van der Waals surface area (Å²) in [7, 11) is 0. The Morgan fingerprint density at radius 2 is 2.00 bits per heavy atom. The van der Waals surface area contributed by atoms with Gasteiger partial charge in [-0.2, -0.15) is 5.10 Å². The molecule has 0 saturated heterocycles. The van der Waals surface area contributed by atoms with Crippen molar-refractivity contribution in [2.45, 2.75) is 13.3 Å². The quantitative estimate of drug-likeness (QED) is 0.298. The number of nitrogens with zero attached hydrogens (tertiary/aromatic N) is 1. The Kier molecular flexibility index (Phi) is 7.44. The van der Waals surface area contributed by atoms with Gasteiger partial charge in [0.1, 0.15) is 5.75 Å². The highest BCUT2D eigenvalue weighted by atomic mass is 79.9. The van der Waals surface area contributed by atoms with E-state index in [1.54, 1.807) is 24.3 Å².